The monoisotopic (exact) mass is 1510 g/mol. The second-order valence-corrected chi connectivity index (χ2v) is 26.4. The van der Waals surface area contributed by atoms with Crippen LogP contribution in [0.5, 0.6) is 11.5 Å². The van der Waals surface area contributed by atoms with E-state index in [1.54, 1.807) is 72.8 Å². The van der Waals surface area contributed by atoms with Crippen LogP contribution in [0.1, 0.15) is 71.2 Å². The summed E-state index contributed by atoms with van der Waals surface area (Å²) in [5.74, 6) is -0.0406. The summed E-state index contributed by atoms with van der Waals surface area (Å²) in [7, 11) is 0. The summed E-state index contributed by atoms with van der Waals surface area (Å²) in [6.45, 7) is 12.1. The molecular formula is C67H56Br4Cl6O8. The molecule has 8 nitrogen and oxygen atoms in total. The van der Waals surface area contributed by atoms with Crippen molar-refractivity contribution >= 4 is 145 Å². The highest BCUT2D eigenvalue weighted by molar-refractivity contribution is 9.11. The second-order valence-electron chi connectivity index (χ2n) is 20.4. The van der Waals surface area contributed by atoms with Gasteiger partial charge in [0.05, 0.1) is 54.8 Å². The lowest BCUT2D eigenvalue weighted by molar-refractivity contribution is -0.155. The van der Waals surface area contributed by atoms with Gasteiger partial charge in [-0.05, 0) is 219 Å². The van der Waals surface area contributed by atoms with Crippen molar-refractivity contribution < 1.29 is 38.0 Å². The Hall–Kier alpha value is -4.12. The van der Waals surface area contributed by atoms with Crippen LogP contribution in [0.15, 0.2) is 188 Å². The predicted molar refractivity (Wildman–Crippen MR) is 357 cm³/mol. The first-order chi connectivity index (χ1) is 40.7. The summed E-state index contributed by atoms with van der Waals surface area (Å²) in [6, 6.07) is 52.3. The van der Waals surface area contributed by atoms with Crippen molar-refractivity contribution in [1.29, 1.82) is 0 Å². The van der Waals surface area contributed by atoms with Gasteiger partial charge in [-0.2, -0.15) is 0 Å². The van der Waals surface area contributed by atoms with E-state index >= 15 is 0 Å². The Kier molecular flexibility index (Phi) is 23.9. The van der Waals surface area contributed by atoms with Gasteiger partial charge >= 0.3 is 11.9 Å². The van der Waals surface area contributed by atoms with Crippen molar-refractivity contribution in [1.82, 2.24) is 0 Å². The average molecular weight is 1520 g/mol. The second kappa shape index (κ2) is 30.4. The normalized spacial score (nSPS) is 12.6. The molecule has 0 aliphatic heterocycles. The molecule has 8 aromatic rings. The molecule has 18 heteroatoms. The van der Waals surface area contributed by atoms with Crippen molar-refractivity contribution in [2.45, 2.75) is 55.1 Å². The minimum absolute atomic E-state index is 0.0205. The molecule has 2 atom stereocenters. The number of carbonyl (C=O) groups is 2. The fourth-order valence-corrected chi connectivity index (χ4v) is 13.8. The molecule has 85 heavy (non-hydrogen) atoms. The van der Waals surface area contributed by atoms with E-state index in [2.05, 4.69) is 91.4 Å². The van der Waals surface area contributed by atoms with Gasteiger partial charge in [0.1, 0.15) is 24.7 Å². The number of rotatable bonds is 26. The van der Waals surface area contributed by atoms with Crippen LogP contribution in [0, 0.1) is 13.8 Å². The van der Waals surface area contributed by atoms with E-state index in [-0.39, 0.29) is 52.5 Å². The first-order valence-corrected chi connectivity index (χ1v) is 32.0. The number of esters is 2. The zero-order valence-corrected chi connectivity index (χ0v) is 56.8. The summed E-state index contributed by atoms with van der Waals surface area (Å²) < 4.78 is 39.5. The summed E-state index contributed by atoms with van der Waals surface area (Å²) in [5, 5.41) is 3.27. The molecule has 0 fully saturated rings. The molecule has 0 spiro atoms. The molecule has 0 saturated heterocycles. The molecule has 0 saturated carbocycles. The van der Waals surface area contributed by atoms with Crippen molar-refractivity contribution in [2.24, 2.45) is 0 Å². The fourth-order valence-electron chi connectivity index (χ4n) is 10.2. The van der Waals surface area contributed by atoms with E-state index in [1.807, 2.05) is 97.1 Å². The first-order valence-electron chi connectivity index (χ1n) is 26.6. The Bertz CT molecular complexity index is 3050. The Morgan fingerprint density at radius 2 is 0.612 bits per heavy atom. The molecule has 0 aliphatic rings. The molecule has 0 aliphatic carbocycles. The molecule has 442 valence electrons. The maximum atomic E-state index is 14.5. The van der Waals surface area contributed by atoms with E-state index < -0.39 is 40.4 Å². The lowest BCUT2D eigenvalue weighted by atomic mass is 9.67. The minimum atomic E-state index is -1.04. The molecule has 8 rings (SSSR count). The van der Waals surface area contributed by atoms with Crippen LogP contribution in [0.2, 0.25) is 30.1 Å². The van der Waals surface area contributed by atoms with Gasteiger partial charge < -0.3 is 28.4 Å². The zero-order chi connectivity index (χ0) is 61.1. The Labute approximate surface area is 560 Å². The summed E-state index contributed by atoms with van der Waals surface area (Å²) >= 11 is 53.5. The summed E-state index contributed by atoms with van der Waals surface area (Å²) in [6.07, 6.45) is -1.89. The Morgan fingerprint density at radius 3 is 0.824 bits per heavy atom. The van der Waals surface area contributed by atoms with Gasteiger partial charge in [-0.3, -0.25) is 9.59 Å². The third-order valence-corrected chi connectivity index (χ3v) is 18.5. The lowest BCUT2D eigenvalue weighted by Crippen LogP contribution is -2.36. The van der Waals surface area contributed by atoms with Gasteiger partial charge in [0.15, 0.2) is 12.2 Å². The smallest absolute Gasteiger partial charge is 0.307 e. The van der Waals surface area contributed by atoms with Gasteiger partial charge in [-0.15, -0.1) is 0 Å². The lowest BCUT2D eigenvalue weighted by Gasteiger charge is -2.36. The average Bonchev–Trinajstić information content (AvgIpc) is 0.963. The number of hydrogen-bond donors (Lipinski definition) is 0. The standard InChI is InChI=1S/C67H56Br4Cl6O8/c1-5-80-37-55(84-61(78)35-66(41-7-19-49(72)20-8-41,42-9-21-50(73)22-10-42)43-11-23-51(74)24-12-43)39-82-63-57(68)31-47(32-58(63)69)65(3,4)48-33-59(70)64(60(71)34-48)83-40-56(38-81-6-2)85-62(79)36-67(44-13-25-52(75)26-14-44,45-15-27-53(76)28-16-45)46-17-29-54(77)30-18-46/h7-34,55-56H,1-2,5-6,35-40H2,3-4H3. The van der Waals surface area contributed by atoms with Crippen LogP contribution in [-0.4, -0.2) is 63.8 Å². The van der Waals surface area contributed by atoms with Gasteiger partial charge in [0.2, 0.25) is 0 Å². The Morgan fingerprint density at radius 1 is 0.388 bits per heavy atom. The molecule has 0 heterocycles. The Balaban J connectivity index is 0.983. The quantitative estimate of drug-likeness (QED) is 0.0391. The number of halogens is 10. The molecule has 0 aromatic heterocycles. The zero-order valence-electron chi connectivity index (χ0n) is 45.9. The number of ether oxygens (including phenoxy) is 6. The highest BCUT2D eigenvalue weighted by Gasteiger charge is 2.42. The van der Waals surface area contributed by atoms with E-state index in [1.165, 1.54) is 0 Å². The number of benzene rings is 8. The van der Waals surface area contributed by atoms with Gasteiger partial charge in [-0.1, -0.05) is 156 Å². The van der Waals surface area contributed by atoms with Crippen molar-refractivity contribution in [3.8, 4) is 11.5 Å². The van der Waals surface area contributed by atoms with Gasteiger partial charge in [0.25, 0.3) is 0 Å². The highest BCUT2D eigenvalue weighted by Crippen LogP contribution is 2.48. The maximum Gasteiger partial charge on any atom is 0.307 e. The maximum absolute atomic E-state index is 14.5. The predicted octanol–water partition coefficient (Wildman–Crippen LogP) is 20.1. The third kappa shape index (κ3) is 16.4. The summed E-state index contributed by atoms with van der Waals surface area (Å²) in [4.78, 5) is 29.0. The van der Waals surface area contributed by atoms with Crippen LogP contribution >= 0.6 is 133 Å². The van der Waals surface area contributed by atoms with Crippen molar-refractivity contribution in [2.75, 3.05) is 39.6 Å². The van der Waals surface area contributed by atoms with Crippen LogP contribution in [-0.2, 0) is 44.8 Å². The third-order valence-electron chi connectivity index (χ3n) is 14.6. The first kappa shape index (κ1) is 66.8. The van der Waals surface area contributed by atoms with E-state index in [0.29, 0.717) is 59.5 Å². The molecular weight excluding hydrogens is 1470 g/mol. The molecule has 0 N–H and O–H groups in total. The summed E-state index contributed by atoms with van der Waals surface area (Å²) in [5.41, 5.74) is 4.00. The van der Waals surface area contributed by atoms with Crippen LogP contribution in [0.3, 0.4) is 0 Å². The number of hydrogen-bond acceptors (Lipinski definition) is 8. The molecule has 8 aromatic carbocycles. The van der Waals surface area contributed by atoms with Crippen molar-refractivity contribution in [3.05, 3.63) is 276 Å². The van der Waals surface area contributed by atoms with Gasteiger partial charge in [-0.25, -0.2) is 0 Å². The van der Waals surface area contributed by atoms with Crippen molar-refractivity contribution in [3.63, 3.8) is 0 Å². The number of carbonyl (C=O) groups excluding carboxylic acids is 2. The molecule has 2 unspecified atom stereocenters. The molecule has 0 bridgehead atoms. The largest absolute Gasteiger partial charge is 0.487 e. The van der Waals surface area contributed by atoms with Gasteiger partial charge in [0, 0.05) is 48.8 Å². The van der Waals surface area contributed by atoms with E-state index in [9.17, 15) is 9.59 Å². The van der Waals surface area contributed by atoms with E-state index in [0.717, 1.165) is 44.5 Å². The fraction of sp³-hybridized carbons (Fsp3) is 0.224. The molecule has 2 radical (unpaired) electrons. The minimum Gasteiger partial charge on any atom is -0.487 e. The van der Waals surface area contributed by atoms with Crippen LogP contribution in [0.25, 0.3) is 0 Å². The SMILES string of the molecule is [CH2]COCC(COc1c(Br)cc(C(C)(C)c2cc(Br)c(OCC(COC[CH2])OC(=O)CC(c3ccc(Cl)cc3)(c3ccc(Cl)cc3)c3ccc(Cl)cc3)c(Br)c2)cc1Br)OC(=O)CC(c1ccc(Cl)cc1)(c1ccc(Cl)cc1)c1ccc(Cl)cc1. The highest BCUT2D eigenvalue weighted by atomic mass is 79.9. The topological polar surface area (TPSA) is 89.5 Å². The molecule has 0 amide bonds. The van der Waals surface area contributed by atoms with E-state index in [4.69, 9.17) is 98.0 Å². The van der Waals surface area contributed by atoms with Crippen LogP contribution < -0.4 is 9.47 Å². The van der Waals surface area contributed by atoms with Crippen LogP contribution in [0.4, 0.5) is 0 Å².